The predicted octanol–water partition coefficient (Wildman–Crippen LogP) is 5.41. The molecule has 4 heterocycles. The molecule has 0 aliphatic heterocycles. The van der Waals surface area contributed by atoms with Crippen molar-refractivity contribution in [3.05, 3.63) is 65.9 Å². The highest BCUT2D eigenvalue weighted by Gasteiger charge is 2.35. The van der Waals surface area contributed by atoms with Crippen LogP contribution in [-0.2, 0) is 23.7 Å². The number of methoxy groups -OCH3 is 1. The minimum Gasteiger partial charge on any atom is -0.377 e. The number of fused-ring (bicyclic) bond motifs is 1. The molecular weight excluding hydrogens is 466 g/mol. The van der Waals surface area contributed by atoms with Gasteiger partial charge in [-0.25, -0.2) is 19.9 Å². The second-order valence-corrected chi connectivity index (χ2v) is 6.94. The Kier molecular flexibility index (Phi) is 6.04. The van der Waals surface area contributed by atoms with Crippen LogP contribution in [0.15, 0.2) is 48.8 Å². The summed E-state index contributed by atoms with van der Waals surface area (Å²) in [5.41, 5.74) is -2.21. The van der Waals surface area contributed by atoms with E-state index in [9.17, 15) is 26.3 Å². The fraction of sp³-hybridized carbons (Fsp3) is 0.190. The van der Waals surface area contributed by atoms with Gasteiger partial charge in [0.15, 0.2) is 11.5 Å². The van der Waals surface area contributed by atoms with Gasteiger partial charge in [0.05, 0.1) is 28.5 Å². The van der Waals surface area contributed by atoms with E-state index in [-0.39, 0.29) is 41.0 Å². The lowest BCUT2D eigenvalue weighted by molar-refractivity contribution is -0.141. The van der Waals surface area contributed by atoms with Crippen molar-refractivity contribution in [1.29, 1.82) is 0 Å². The van der Waals surface area contributed by atoms with Crippen LogP contribution >= 0.6 is 0 Å². The first-order chi connectivity index (χ1) is 16.1. The molecule has 0 atom stereocenters. The number of alkyl halides is 6. The van der Waals surface area contributed by atoms with Crippen LogP contribution in [0.1, 0.15) is 17.1 Å². The summed E-state index contributed by atoms with van der Waals surface area (Å²) in [7, 11) is 1.40. The smallest absolute Gasteiger partial charge is 0.377 e. The largest absolute Gasteiger partial charge is 0.433 e. The topological polar surface area (TPSA) is 85.7 Å². The molecule has 176 valence electrons. The van der Waals surface area contributed by atoms with Gasteiger partial charge in [-0.1, -0.05) is 0 Å². The molecule has 34 heavy (non-hydrogen) atoms. The quantitative estimate of drug-likeness (QED) is 0.383. The molecule has 0 fully saturated rings. The molecule has 0 bridgehead atoms. The monoisotopic (exact) mass is 480 g/mol. The van der Waals surface area contributed by atoms with Crippen LogP contribution in [0.3, 0.4) is 0 Å². The third kappa shape index (κ3) is 4.88. The van der Waals surface area contributed by atoms with Gasteiger partial charge in [0.1, 0.15) is 23.8 Å². The molecule has 0 aliphatic rings. The number of nitrogens with one attached hydrogen (secondary N) is 1. The number of ether oxygens (including phenoxy) is 1. The van der Waals surface area contributed by atoms with Crippen LogP contribution in [0.4, 0.5) is 37.8 Å². The Bertz CT molecular complexity index is 1320. The zero-order valence-electron chi connectivity index (χ0n) is 17.2. The van der Waals surface area contributed by atoms with Crippen LogP contribution in [0.2, 0.25) is 0 Å². The second-order valence-electron chi connectivity index (χ2n) is 6.94. The number of hydrogen-bond donors (Lipinski definition) is 1. The Labute approximate surface area is 187 Å². The molecule has 1 N–H and O–H groups in total. The summed E-state index contributed by atoms with van der Waals surface area (Å²) in [6.45, 7) is -0.0425. The molecule has 0 saturated heterocycles. The number of rotatable bonds is 5. The van der Waals surface area contributed by atoms with Gasteiger partial charge < -0.3 is 10.1 Å². The molecular formula is C21H14F6N6O. The van der Waals surface area contributed by atoms with Gasteiger partial charge >= 0.3 is 12.4 Å². The number of nitrogens with zero attached hydrogens (tertiary/aromatic N) is 5. The molecule has 4 rings (SSSR count). The van der Waals surface area contributed by atoms with E-state index in [0.717, 1.165) is 18.3 Å². The molecule has 13 heteroatoms. The highest BCUT2D eigenvalue weighted by Crippen LogP contribution is 2.36. The zero-order chi connectivity index (χ0) is 24.5. The molecule has 0 radical (unpaired) electrons. The first-order valence-electron chi connectivity index (χ1n) is 9.56. The summed E-state index contributed by atoms with van der Waals surface area (Å²) in [5, 5.41) is 3.16. The Morgan fingerprint density at radius 3 is 2.32 bits per heavy atom. The normalized spacial score (nSPS) is 12.2. The van der Waals surface area contributed by atoms with Crippen LogP contribution < -0.4 is 5.32 Å². The van der Waals surface area contributed by atoms with Crippen molar-refractivity contribution in [2.45, 2.75) is 19.0 Å². The Hall–Kier alpha value is -3.87. The summed E-state index contributed by atoms with van der Waals surface area (Å²) >= 11 is 0. The third-order valence-corrected chi connectivity index (χ3v) is 4.55. The molecule has 0 spiro atoms. The van der Waals surface area contributed by atoms with E-state index >= 15 is 0 Å². The maximum absolute atomic E-state index is 13.4. The van der Waals surface area contributed by atoms with E-state index in [1.807, 2.05) is 0 Å². The van der Waals surface area contributed by atoms with Crippen LogP contribution in [0, 0.1) is 0 Å². The second kappa shape index (κ2) is 8.82. The highest BCUT2D eigenvalue weighted by molar-refractivity contribution is 5.90. The standard InChI is InChI=1S/C21H14F6N6O/c1-34-10-16-32-18(30-11-4-7-15(29-9-11)21(25,26)27)12-5-6-14(31-19(12)33-16)17-13(20(22,23)24)3-2-8-28-17/h2-9H,10H2,1H3,(H,30,31,32,33). The predicted molar refractivity (Wildman–Crippen MR) is 109 cm³/mol. The molecule has 0 saturated carbocycles. The van der Waals surface area contributed by atoms with E-state index in [4.69, 9.17) is 4.74 Å². The Balaban J connectivity index is 1.79. The number of aromatic nitrogens is 5. The SMILES string of the molecule is COCc1nc(Nc2ccc(C(F)(F)F)nc2)c2ccc(-c3ncccc3C(F)(F)F)nc2n1. The summed E-state index contributed by atoms with van der Waals surface area (Å²) in [4.78, 5) is 20.0. The summed E-state index contributed by atoms with van der Waals surface area (Å²) in [5.74, 6) is 0.314. The minimum absolute atomic E-state index is 0.0423. The molecule has 0 aliphatic carbocycles. The molecule has 4 aromatic heterocycles. The maximum atomic E-state index is 13.4. The molecule has 0 amide bonds. The van der Waals surface area contributed by atoms with Crippen LogP contribution in [-0.4, -0.2) is 32.0 Å². The number of hydrogen-bond acceptors (Lipinski definition) is 7. The zero-order valence-corrected chi connectivity index (χ0v) is 17.2. The van der Waals surface area contributed by atoms with Crippen LogP contribution in [0.5, 0.6) is 0 Å². The lowest BCUT2D eigenvalue weighted by Gasteiger charge is -2.13. The van der Waals surface area contributed by atoms with Gasteiger partial charge in [0.2, 0.25) is 0 Å². The number of halogens is 6. The van der Waals surface area contributed by atoms with Gasteiger partial charge in [-0.05, 0) is 36.4 Å². The molecule has 4 aromatic rings. The van der Waals surface area contributed by atoms with Crippen LogP contribution in [0.25, 0.3) is 22.4 Å². The fourth-order valence-corrected chi connectivity index (χ4v) is 3.09. The average Bonchev–Trinajstić information content (AvgIpc) is 2.78. The van der Waals surface area contributed by atoms with Gasteiger partial charge in [-0.15, -0.1) is 0 Å². The van der Waals surface area contributed by atoms with E-state index in [1.54, 1.807) is 0 Å². The maximum Gasteiger partial charge on any atom is 0.433 e. The summed E-state index contributed by atoms with van der Waals surface area (Å²) < 4.78 is 83.6. The first-order valence-corrected chi connectivity index (χ1v) is 9.56. The molecule has 0 unspecified atom stereocenters. The van der Waals surface area contributed by atoms with Crippen molar-refractivity contribution in [2.75, 3.05) is 12.4 Å². The lowest BCUT2D eigenvalue weighted by atomic mass is 10.1. The van der Waals surface area contributed by atoms with Gasteiger partial charge in [-0.3, -0.25) is 4.98 Å². The van der Waals surface area contributed by atoms with Gasteiger partial charge in [0.25, 0.3) is 0 Å². The number of pyridine rings is 3. The van der Waals surface area contributed by atoms with Gasteiger partial charge in [0, 0.05) is 13.3 Å². The molecule has 0 aromatic carbocycles. The first kappa shape index (κ1) is 23.3. The Morgan fingerprint density at radius 2 is 1.68 bits per heavy atom. The summed E-state index contributed by atoms with van der Waals surface area (Å²) in [6, 6.07) is 6.82. The lowest BCUT2D eigenvalue weighted by Crippen LogP contribution is -2.09. The van der Waals surface area contributed by atoms with E-state index in [1.165, 1.54) is 37.6 Å². The molecule has 7 nitrogen and oxygen atoms in total. The van der Waals surface area contributed by atoms with Crippen molar-refractivity contribution >= 4 is 22.5 Å². The third-order valence-electron chi connectivity index (χ3n) is 4.55. The van der Waals surface area contributed by atoms with Crippen molar-refractivity contribution in [3.63, 3.8) is 0 Å². The average molecular weight is 480 g/mol. The fourth-order valence-electron chi connectivity index (χ4n) is 3.09. The van der Waals surface area contributed by atoms with Crippen molar-refractivity contribution in [2.24, 2.45) is 0 Å². The van der Waals surface area contributed by atoms with Gasteiger partial charge in [-0.2, -0.15) is 26.3 Å². The van der Waals surface area contributed by atoms with Crippen molar-refractivity contribution < 1.29 is 31.1 Å². The Morgan fingerprint density at radius 1 is 0.882 bits per heavy atom. The summed E-state index contributed by atoms with van der Waals surface area (Å²) in [6.07, 6.45) is -7.03. The number of anilines is 2. The van der Waals surface area contributed by atoms with E-state index < -0.39 is 23.6 Å². The van der Waals surface area contributed by atoms with Crippen molar-refractivity contribution in [3.8, 4) is 11.4 Å². The van der Waals surface area contributed by atoms with Crippen molar-refractivity contribution in [1.82, 2.24) is 24.9 Å². The van der Waals surface area contributed by atoms with E-state index in [2.05, 4.69) is 30.2 Å². The highest BCUT2D eigenvalue weighted by atomic mass is 19.4. The van der Waals surface area contributed by atoms with E-state index in [0.29, 0.717) is 5.39 Å². The minimum atomic E-state index is -4.64.